The van der Waals surface area contributed by atoms with Gasteiger partial charge in [0.25, 0.3) is 0 Å². The lowest BCUT2D eigenvalue weighted by Gasteiger charge is -2.17. The van der Waals surface area contributed by atoms with Crippen molar-refractivity contribution in [2.45, 2.75) is 6.04 Å². The first kappa shape index (κ1) is 14.0. The molecular formula is C13H17N5O2. The van der Waals surface area contributed by atoms with Crippen molar-refractivity contribution >= 4 is 5.95 Å². The second-order valence-electron chi connectivity index (χ2n) is 3.98. The van der Waals surface area contributed by atoms with Crippen LogP contribution in [0.1, 0.15) is 11.6 Å². The zero-order valence-corrected chi connectivity index (χ0v) is 11.4. The molecule has 7 heteroatoms. The molecule has 2 aromatic rings. The third-order valence-electron chi connectivity index (χ3n) is 2.70. The molecular weight excluding hydrogens is 258 g/mol. The van der Waals surface area contributed by atoms with E-state index in [1.54, 1.807) is 0 Å². The fourth-order valence-corrected chi connectivity index (χ4v) is 1.70. The average Bonchev–Trinajstić information content (AvgIpc) is 2.53. The fraction of sp³-hybridized carbons (Fsp3) is 0.308. The van der Waals surface area contributed by atoms with E-state index < -0.39 is 0 Å². The van der Waals surface area contributed by atoms with Gasteiger partial charge in [-0.2, -0.15) is 9.97 Å². The van der Waals surface area contributed by atoms with Crippen LogP contribution in [0.15, 0.2) is 30.3 Å². The number of aromatic nitrogens is 3. The number of nitrogens with two attached hydrogens (primary N) is 1. The highest BCUT2D eigenvalue weighted by molar-refractivity contribution is 5.34. The van der Waals surface area contributed by atoms with Crippen LogP contribution in [0.25, 0.3) is 0 Å². The van der Waals surface area contributed by atoms with Crippen LogP contribution in [0, 0.1) is 0 Å². The smallest absolute Gasteiger partial charge is 0.324 e. The summed E-state index contributed by atoms with van der Waals surface area (Å²) in [6, 6.07) is 10.1. The molecule has 1 heterocycles. The van der Waals surface area contributed by atoms with Crippen molar-refractivity contribution in [2.75, 3.05) is 26.1 Å². The van der Waals surface area contributed by atoms with Crippen LogP contribution < -0.4 is 20.5 Å². The predicted molar refractivity (Wildman–Crippen MR) is 74.8 cm³/mol. The highest BCUT2D eigenvalue weighted by atomic mass is 16.5. The molecule has 106 valence electrons. The van der Waals surface area contributed by atoms with E-state index >= 15 is 0 Å². The molecule has 0 spiro atoms. The van der Waals surface area contributed by atoms with Crippen LogP contribution in [0.3, 0.4) is 0 Å². The largest absolute Gasteiger partial charge is 0.467 e. The van der Waals surface area contributed by atoms with Gasteiger partial charge in [0.1, 0.15) is 0 Å². The molecule has 20 heavy (non-hydrogen) atoms. The van der Waals surface area contributed by atoms with Crippen LogP contribution in [0.4, 0.5) is 5.95 Å². The van der Waals surface area contributed by atoms with Crippen LogP contribution in [0.2, 0.25) is 0 Å². The van der Waals surface area contributed by atoms with Crippen LogP contribution in [0.5, 0.6) is 12.0 Å². The predicted octanol–water partition coefficient (Wildman–Crippen LogP) is 1.00. The van der Waals surface area contributed by atoms with Gasteiger partial charge in [-0.25, -0.2) is 0 Å². The summed E-state index contributed by atoms with van der Waals surface area (Å²) in [7, 11) is 2.96. The molecule has 0 aliphatic carbocycles. The SMILES string of the molecule is COc1nc(NC(CN)c2ccccc2)nc(OC)n1. The topological polar surface area (TPSA) is 95.2 Å². The fourth-order valence-electron chi connectivity index (χ4n) is 1.70. The van der Waals surface area contributed by atoms with Gasteiger partial charge in [-0.15, -0.1) is 4.98 Å². The van der Waals surface area contributed by atoms with Gasteiger partial charge >= 0.3 is 12.0 Å². The molecule has 3 N–H and O–H groups in total. The molecule has 0 aliphatic rings. The first-order valence-corrected chi connectivity index (χ1v) is 6.12. The van der Waals surface area contributed by atoms with E-state index in [1.807, 2.05) is 30.3 Å². The summed E-state index contributed by atoms with van der Waals surface area (Å²) in [4.78, 5) is 12.2. The van der Waals surface area contributed by atoms with Gasteiger partial charge in [-0.1, -0.05) is 30.3 Å². The van der Waals surface area contributed by atoms with Gasteiger partial charge in [-0.05, 0) is 5.56 Å². The molecule has 0 bridgehead atoms. The Hall–Kier alpha value is -2.41. The molecule has 1 atom stereocenters. The van der Waals surface area contributed by atoms with Crippen LogP contribution in [-0.4, -0.2) is 35.7 Å². The molecule has 7 nitrogen and oxygen atoms in total. The summed E-state index contributed by atoms with van der Waals surface area (Å²) >= 11 is 0. The Morgan fingerprint density at radius 1 is 1.05 bits per heavy atom. The maximum atomic E-state index is 5.80. The van der Waals surface area contributed by atoms with E-state index in [-0.39, 0.29) is 18.1 Å². The highest BCUT2D eigenvalue weighted by Crippen LogP contribution is 2.18. The summed E-state index contributed by atoms with van der Waals surface area (Å²) in [5.41, 5.74) is 6.85. The number of nitrogens with zero attached hydrogens (tertiary/aromatic N) is 3. The van der Waals surface area contributed by atoms with Gasteiger partial charge in [0.05, 0.1) is 20.3 Å². The van der Waals surface area contributed by atoms with E-state index in [1.165, 1.54) is 14.2 Å². The lowest BCUT2D eigenvalue weighted by atomic mass is 10.1. The number of benzene rings is 1. The van der Waals surface area contributed by atoms with Crippen molar-refractivity contribution in [2.24, 2.45) is 5.73 Å². The minimum atomic E-state index is -0.104. The normalized spacial score (nSPS) is 11.8. The van der Waals surface area contributed by atoms with Gasteiger partial charge in [0.15, 0.2) is 0 Å². The monoisotopic (exact) mass is 275 g/mol. The highest BCUT2D eigenvalue weighted by Gasteiger charge is 2.13. The lowest BCUT2D eigenvalue weighted by molar-refractivity contribution is 0.341. The van der Waals surface area contributed by atoms with E-state index in [9.17, 15) is 0 Å². The van der Waals surface area contributed by atoms with Crippen molar-refractivity contribution in [1.82, 2.24) is 15.0 Å². The zero-order valence-electron chi connectivity index (χ0n) is 11.4. The second-order valence-corrected chi connectivity index (χ2v) is 3.98. The Balaban J connectivity index is 2.23. The Morgan fingerprint density at radius 2 is 1.65 bits per heavy atom. The Kier molecular flexibility index (Phi) is 4.67. The number of anilines is 1. The molecule has 1 aromatic heterocycles. The first-order valence-electron chi connectivity index (χ1n) is 6.12. The third-order valence-corrected chi connectivity index (χ3v) is 2.70. The minimum Gasteiger partial charge on any atom is -0.467 e. The van der Waals surface area contributed by atoms with Crippen molar-refractivity contribution in [3.8, 4) is 12.0 Å². The van der Waals surface area contributed by atoms with Crippen molar-refractivity contribution in [3.63, 3.8) is 0 Å². The molecule has 0 saturated heterocycles. The first-order chi connectivity index (χ1) is 9.76. The lowest BCUT2D eigenvalue weighted by Crippen LogP contribution is -2.22. The summed E-state index contributed by atoms with van der Waals surface area (Å²) in [5.74, 6) is 0.355. The minimum absolute atomic E-state index is 0.104. The average molecular weight is 275 g/mol. The summed E-state index contributed by atoms with van der Waals surface area (Å²) in [6.45, 7) is 0.403. The zero-order chi connectivity index (χ0) is 14.4. The number of hydrogen-bond acceptors (Lipinski definition) is 7. The molecule has 1 aromatic carbocycles. The van der Waals surface area contributed by atoms with Crippen LogP contribution >= 0.6 is 0 Å². The second kappa shape index (κ2) is 6.67. The molecule has 0 fully saturated rings. The molecule has 1 unspecified atom stereocenters. The van der Waals surface area contributed by atoms with Gasteiger partial charge < -0.3 is 20.5 Å². The van der Waals surface area contributed by atoms with E-state index in [0.29, 0.717) is 12.5 Å². The summed E-state index contributed by atoms with van der Waals surface area (Å²) < 4.78 is 10.0. The molecule has 2 rings (SSSR count). The Bertz CT molecular complexity index is 527. The molecule has 0 radical (unpaired) electrons. The van der Waals surface area contributed by atoms with Gasteiger partial charge in [-0.3, -0.25) is 0 Å². The standard InChI is InChI=1S/C13H17N5O2/c1-19-12-16-11(17-13(18-12)20-2)15-10(8-14)9-6-4-3-5-7-9/h3-7,10H,8,14H2,1-2H3,(H,15,16,17,18). The Labute approximate surface area is 117 Å². The van der Waals surface area contributed by atoms with Crippen molar-refractivity contribution in [3.05, 3.63) is 35.9 Å². The van der Waals surface area contributed by atoms with Gasteiger partial charge in [0.2, 0.25) is 5.95 Å². The number of rotatable bonds is 6. The maximum absolute atomic E-state index is 5.80. The molecule has 0 amide bonds. The summed E-state index contributed by atoms with van der Waals surface area (Å²) in [5, 5.41) is 3.15. The quantitative estimate of drug-likeness (QED) is 0.812. The number of hydrogen-bond donors (Lipinski definition) is 2. The van der Waals surface area contributed by atoms with Crippen molar-refractivity contribution in [1.29, 1.82) is 0 Å². The van der Waals surface area contributed by atoms with Gasteiger partial charge in [0, 0.05) is 6.54 Å². The third kappa shape index (κ3) is 3.33. The molecule has 0 saturated carbocycles. The van der Waals surface area contributed by atoms with E-state index in [2.05, 4.69) is 20.3 Å². The van der Waals surface area contributed by atoms with Crippen molar-refractivity contribution < 1.29 is 9.47 Å². The maximum Gasteiger partial charge on any atom is 0.324 e. The summed E-state index contributed by atoms with van der Waals surface area (Å²) in [6.07, 6.45) is 0. The van der Waals surface area contributed by atoms with E-state index in [4.69, 9.17) is 15.2 Å². The number of methoxy groups -OCH3 is 2. The Morgan fingerprint density at radius 3 is 2.15 bits per heavy atom. The van der Waals surface area contributed by atoms with E-state index in [0.717, 1.165) is 5.56 Å². The molecule has 0 aliphatic heterocycles. The number of ether oxygens (including phenoxy) is 2. The van der Waals surface area contributed by atoms with Crippen LogP contribution in [-0.2, 0) is 0 Å². The number of nitrogens with one attached hydrogen (secondary N) is 1.